The molecule has 0 saturated heterocycles. The molecule has 0 bridgehead atoms. The van der Waals surface area contributed by atoms with Crippen LogP contribution in [0.5, 0.6) is 0 Å². The molecule has 0 amide bonds. The lowest BCUT2D eigenvalue weighted by molar-refractivity contribution is -0.383. The molecule has 0 aromatic carbocycles. The average Bonchev–Trinajstić information content (AvgIpc) is 2.49. The first-order chi connectivity index (χ1) is 6.20. The van der Waals surface area contributed by atoms with Crippen LogP contribution in [0.15, 0.2) is 22.9 Å². The number of hydrogen-bond donors (Lipinski definition) is 0. The molecule has 5 nitrogen and oxygen atoms in total. The van der Waals surface area contributed by atoms with Crippen LogP contribution in [0.1, 0.15) is 0 Å². The van der Waals surface area contributed by atoms with E-state index in [2.05, 4.69) is 25.9 Å². The molecule has 0 spiro atoms. The molecule has 13 heavy (non-hydrogen) atoms. The minimum Gasteiger partial charge on any atom is -0.442 e. The molecule has 2 aromatic heterocycles. The number of pyridine rings is 1. The van der Waals surface area contributed by atoms with Crippen LogP contribution < -0.4 is 4.98 Å². The van der Waals surface area contributed by atoms with Crippen LogP contribution in [0.25, 0.3) is 11.0 Å². The highest BCUT2D eigenvalue weighted by Gasteiger charge is 2.11. The van der Waals surface area contributed by atoms with Gasteiger partial charge < -0.3 is 9.97 Å². The topological polar surface area (TPSA) is 70.1 Å². The molecule has 2 aromatic rings. The normalized spacial score (nSPS) is 10.5. The molecule has 2 heterocycles. The minimum absolute atomic E-state index is 0.0185. The first-order valence-electron chi connectivity index (χ1n) is 3.40. The molecular formula is C7H3BrN3O2-. The Balaban J connectivity index is 2.86. The standard InChI is InChI=1S/C7H3BrN3O2/c8-4-1-2-9-7-6(4)5(3-10-7)11(12)13/h1-3H/q-1. The van der Waals surface area contributed by atoms with E-state index in [0.717, 1.165) is 0 Å². The molecule has 2 rings (SSSR count). The van der Waals surface area contributed by atoms with Crippen molar-refractivity contribution in [1.29, 1.82) is 0 Å². The van der Waals surface area contributed by atoms with Gasteiger partial charge in [0.25, 0.3) is 5.69 Å². The van der Waals surface area contributed by atoms with E-state index in [4.69, 9.17) is 0 Å². The zero-order valence-electron chi connectivity index (χ0n) is 6.27. The van der Waals surface area contributed by atoms with Gasteiger partial charge >= 0.3 is 0 Å². The average molecular weight is 241 g/mol. The highest BCUT2D eigenvalue weighted by molar-refractivity contribution is 9.10. The number of nitrogens with zero attached hydrogens (tertiary/aromatic N) is 3. The van der Waals surface area contributed by atoms with Gasteiger partial charge in [0.2, 0.25) is 0 Å². The number of rotatable bonds is 1. The summed E-state index contributed by atoms with van der Waals surface area (Å²) in [5, 5.41) is 11.0. The maximum absolute atomic E-state index is 10.5. The largest absolute Gasteiger partial charge is 0.442 e. The SMILES string of the molecule is O=[N+]([O-])c1c[n-]c2nccc(Br)c12. The van der Waals surface area contributed by atoms with Gasteiger partial charge in [0.1, 0.15) is 0 Å². The first kappa shape index (κ1) is 8.18. The molecule has 0 unspecified atom stereocenters. The second-order valence-corrected chi connectivity index (χ2v) is 3.25. The molecule has 0 N–H and O–H groups in total. The fourth-order valence-electron chi connectivity index (χ4n) is 1.09. The van der Waals surface area contributed by atoms with Crippen molar-refractivity contribution in [3.63, 3.8) is 0 Å². The smallest absolute Gasteiger partial charge is 0.273 e. The number of hydrogen-bond acceptors (Lipinski definition) is 3. The van der Waals surface area contributed by atoms with E-state index < -0.39 is 4.92 Å². The lowest BCUT2D eigenvalue weighted by atomic mass is 10.3. The van der Waals surface area contributed by atoms with Crippen molar-refractivity contribution in [2.24, 2.45) is 0 Å². The van der Waals surface area contributed by atoms with E-state index in [-0.39, 0.29) is 5.69 Å². The summed E-state index contributed by atoms with van der Waals surface area (Å²) in [6, 6.07) is 1.65. The van der Waals surface area contributed by atoms with Crippen molar-refractivity contribution < 1.29 is 4.92 Å². The van der Waals surface area contributed by atoms with Crippen LogP contribution >= 0.6 is 15.9 Å². The van der Waals surface area contributed by atoms with Crippen molar-refractivity contribution in [3.05, 3.63) is 33.0 Å². The quantitative estimate of drug-likeness (QED) is 0.564. The fraction of sp³-hybridized carbons (Fsp3) is 0. The maximum Gasteiger partial charge on any atom is 0.273 e. The van der Waals surface area contributed by atoms with Crippen molar-refractivity contribution in [3.8, 4) is 0 Å². The van der Waals surface area contributed by atoms with E-state index in [1.54, 1.807) is 12.3 Å². The summed E-state index contributed by atoms with van der Waals surface area (Å²) in [6.07, 6.45) is 2.76. The zero-order chi connectivity index (χ0) is 9.42. The number of fused-ring (bicyclic) bond motifs is 1. The molecule has 66 valence electrons. The Bertz CT molecular complexity index is 480. The van der Waals surface area contributed by atoms with Gasteiger partial charge in [-0.3, -0.25) is 10.1 Å². The second kappa shape index (κ2) is 2.81. The summed E-state index contributed by atoms with van der Waals surface area (Å²) in [5.74, 6) is 0. The molecule has 6 heteroatoms. The van der Waals surface area contributed by atoms with Gasteiger partial charge in [0, 0.05) is 10.7 Å². The fourth-order valence-corrected chi connectivity index (χ4v) is 1.59. The highest BCUT2D eigenvalue weighted by atomic mass is 79.9. The predicted octanol–water partition coefficient (Wildman–Crippen LogP) is 1.86. The Morgan fingerprint density at radius 2 is 2.38 bits per heavy atom. The van der Waals surface area contributed by atoms with Crippen molar-refractivity contribution >= 4 is 32.7 Å². The van der Waals surface area contributed by atoms with Crippen molar-refractivity contribution in [2.75, 3.05) is 0 Å². The second-order valence-electron chi connectivity index (χ2n) is 2.39. The predicted molar refractivity (Wildman–Crippen MR) is 49.4 cm³/mol. The third-order valence-corrected chi connectivity index (χ3v) is 2.30. The monoisotopic (exact) mass is 240 g/mol. The van der Waals surface area contributed by atoms with Crippen LogP contribution in [0.3, 0.4) is 0 Å². The van der Waals surface area contributed by atoms with Gasteiger partial charge in [-0.25, -0.2) is 0 Å². The molecule has 0 aliphatic rings. The summed E-state index contributed by atoms with van der Waals surface area (Å²) in [7, 11) is 0. The van der Waals surface area contributed by atoms with Crippen LogP contribution in [-0.2, 0) is 0 Å². The first-order valence-corrected chi connectivity index (χ1v) is 4.20. The van der Waals surface area contributed by atoms with Gasteiger partial charge in [-0.2, -0.15) is 0 Å². The lowest BCUT2D eigenvalue weighted by Crippen LogP contribution is -1.85. The van der Waals surface area contributed by atoms with E-state index in [9.17, 15) is 10.1 Å². The molecule has 0 aliphatic carbocycles. The van der Waals surface area contributed by atoms with Gasteiger partial charge in [-0.05, 0) is 21.6 Å². The highest BCUT2D eigenvalue weighted by Crippen LogP contribution is 2.29. The van der Waals surface area contributed by atoms with Crippen LogP contribution in [0.2, 0.25) is 0 Å². The van der Waals surface area contributed by atoms with E-state index in [1.165, 1.54) is 6.20 Å². The Morgan fingerprint density at radius 3 is 3.08 bits per heavy atom. The molecule has 0 fully saturated rings. The van der Waals surface area contributed by atoms with Gasteiger partial charge in [-0.1, -0.05) is 12.3 Å². The number of nitro groups is 1. The summed E-state index contributed by atoms with van der Waals surface area (Å²) >= 11 is 3.21. The summed E-state index contributed by atoms with van der Waals surface area (Å²) in [4.78, 5) is 17.8. The van der Waals surface area contributed by atoms with Gasteiger partial charge in [0.05, 0.1) is 10.3 Å². The summed E-state index contributed by atoms with van der Waals surface area (Å²) in [5.41, 5.74) is 0.371. The minimum atomic E-state index is -0.470. The van der Waals surface area contributed by atoms with E-state index >= 15 is 0 Å². The Hall–Kier alpha value is -1.43. The Kier molecular flexibility index (Phi) is 1.77. The van der Waals surface area contributed by atoms with E-state index in [0.29, 0.717) is 15.5 Å². The third kappa shape index (κ3) is 1.19. The molecule has 0 atom stereocenters. The van der Waals surface area contributed by atoms with Crippen LogP contribution in [0.4, 0.5) is 5.69 Å². The molecule has 0 aliphatic heterocycles. The van der Waals surface area contributed by atoms with Crippen LogP contribution in [0, 0.1) is 10.1 Å². The Labute approximate surface area is 81.1 Å². The molecular weight excluding hydrogens is 238 g/mol. The maximum atomic E-state index is 10.5. The van der Waals surface area contributed by atoms with Crippen molar-refractivity contribution in [1.82, 2.24) is 9.97 Å². The summed E-state index contributed by atoms with van der Waals surface area (Å²) < 4.78 is 0.640. The molecule has 0 radical (unpaired) electrons. The third-order valence-electron chi connectivity index (χ3n) is 1.64. The van der Waals surface area contributed by atoms with Gasteiger partial charge in [-0.15, -0.1) is 0 Å². The zero-order valence-corrected chi connectivity index (χ0v) is 7.85. The Morgan fingerprint density at radius 1 is 1.62 bits per heavy atom. The number of halogens is 1. The summed E-state index contributed by atoms with van der Waals surface area (Å²) in [6.45, 7) is 0. The van der Waals surface area contributed by atoms with Crippen molar-refractivity contribution in [2.45, 2.75) is 0 Å². The number of aromatic nitrogens is 2. The van der Waals surface area contributed by atoms with Gasteiger partial charge in [0.15, 0.2) is 0 Å². The van der Waals surface area contributed by atoms with Crippen LogP contribution in [-0.4, -0.2) is 9.91 Å². The lowest BCUT2D eigenvalue weighted by Gasteiger charge is -1.98. The van der Waals surface area contributed by atoms with E-state index in [1.807, 2.05) is 0 Å². The molecule has 0 saturated carbocycles.